The van der Waals surface area contributed by atoms with Crippen LogP contribution in [0.3, 0.4) is 0 Å². The first-order valence-corrected chi connectivity index (χ1v) is 10.4. The SMILES string of the molecule is CCCCCCCCCCCCC/C=C/CCC(=O)OCCS. The maximum absolute atomic E-state index is 11.2. The zero-order valence-corrected chi connectivity index (χ0v) is 16.1. The Morgan fingerprint density at radius 2 is 1.35 bits per heavy atom. The molecule has 0 aliphatic heterocycles. The highest BCUT2D eigenvalue weighted by Crippen LogP contribution is 2.12. The Morgan fingerprint density at radius 3 is 1.91 bits per heavy atom. The summed E-state index contributed by atoms with van der Waals surface area (Å²) in [7, 11) is 0. The van der Waals surface area contributed by atoms with Crippen LogP contribution >= 0.6 is 12.6 Å². The zero-order valence-electron chi connectivity index (χ0n) is 15.2. The summed E-state index contributed by atoms with van der Waals surface area (Å²) in [6, 6.07) is 0. The summed E-state index contributed by atoms with van der Waals surface area (Å²) in [4.78, 5) is 11.2. The van der Waals surface area contributed by atoms with E-state index in [1.54, 1.807) is 0 Å². The Morgan fingerprint density at radius 1 is 0.826 bits per heavy atom. The van der Waals surface area contributed by atoms with Crippen LogP contribution in [0.25, 0.3) is 0 Å². The molecule has 0 aliphatic carbocycles. The topological polar surface area (TPSA) is 26.3 Å². The molecule has 136 valence electrons. The second kappa shape index (κ2) is 19.6. The number of hydrogen-bond donors (Lipinski definition) is 1. The van der Waals surface area contributed by atoms with Gasteiger partial charge in [-0.3, -0.25) is 4.79 Å². The standard InChI is InChI=1S/C20H38O2S/c1-2-3-4-5-6-7-8-9-10-11-12-13-14-15-16-17-20(21)22-18-19-23/h14-15,23H,2-13,16-19H2,1H3/b15-14+. The number of esters is 1. The summed E-state index contributed by atoms with van der Waals surface area (Å²) >= 11 is 4.00. The molecule has 0 aromatic rings. The third kappa shape index (κ3) is 19.5. The van der Waals surface area contributed by atoms with E-state index < -0.39 is 0 Å². The molecule has 2 nitrogen and oxygen atoms in total. The van der Waals surface area contributed by atoms with Crippen LogP contribution in [0.4, 0.5) is 0 Å². The number of rotatable bonds is 17. The predicted octanol–water partition coefficient (Wildman–Crippen LogP) is 6.50. The fourth-order valence-corrected chi connectivity index (χ4v) is 2.69. The van der Waals surface area contributed by atoms with Crippen molar-refractivity contribution in [3.63, 3.8) is 0 Å². The smallest absolute Gasteiger partial charge is 0.306 e. The van der Waals surface area contributed by atoms with E-state index in [2.05, 4.69) is 31.7 Å². The summed E-state index contributed by atoms with van der Waals surface area (Å²) in [6.45, 7) is 2.69. The van der Waals surface area contributed by atoms with E-state index in [4.69, 9.17) is 4.74 Å². The monoisotopic (exact) mass is 342 g/mol. The normalized spacial score (nSPS) is 11.2. The molecule has 0 radical (unpaired) electrons. The van der Waals surface area contributed by atoms with E-state index in [1.807, 2.05) is 0 Å². The van der Waals surface area contributed by atoms with Crippen molar-refractivity contribution >= 4 is 18.6 Å². The molecule has 0 N–H and O–H groups in total. The Bertz CT molecular complexity index is 277. The van der Waals surface area contributed by atoms with Crippen molar-refractivity contribution in [3.05, 3.63) is 12.2 Å². The summed E-state index contributed by atoms with van der Waals surface area (Å²) in [5.41, 5.74) is 0. The van der Waals surface area contributed by atoms with Crippen LogP contribution < -0.4 is 0 Å². The number of unbranched alkanes of at least 4 members (excludes halogenated alkanes) is 11. The van der Waals surface area contributed by atoms with Crippen molar-refractivity contribution < 1.29 is 9.53 Å². The molecule has 0 fully saturated rings. The molecule has 23 heavy (non-hydrogen) atoms. The van der Waals surface area contributed by atoms with Gasteiger partial charge < -0.3 is 4.74 Å². The Balaban J connectivity index is 3.15. The molecule has 0 unspecified atom stereocenters. The van der Waals surface area contributed by atoms with Gasteiger partial charge in [0, 0.05) is 12.2 Å². The minimum absolute atomic E-state index is 0.113. The summed E-state index contributed by atoms with van der Waals surface area (Å²) in [5.74, 6) is 0.485. The highest BCUT2D eigenvalue weighted by Gasteiger charge is 1.99. The maximum atomic E-state index is 11.2. The van der Waals surface area contributed by atoms with Crippen LogP contribution in [-0.4, -0.2) is 18.3 Å². The lowest BCUT2D eigenvalue weighted by Gasteiger charge is -2.02. The van der Waals surface area contributed by atoms with Crippen molar-refractivity contribution in [1.29, 1.82) is 0 Å². The molecule has 0 bridgehead atoms. The summed E-state index contributed by atoms with van der Waals surface area (Å²) in [6.07, 6.45) is 22.0. The van der Waals surface area contributed by atoms with Gasteiger partial charge in [0.1, 0.15) is 6.61 Å². The van der Waals surface area contributed by atoms with Crippen molar-refractivity contribution in [1.82, 2.24) is 0 Å². The number of carbonyl (C=O) groups is 1. The van der Waals surface area contributed by atoms with Gasteiger partial charge in [-0.15, -0.1) is 0 Å². The molecule has 0 aliphatic rings. The molecule has 0 saturated heterocycles. The average Bonchev–Trinajstić information content (AvgIpc) is 2.56. The third-order valence-electron chi connectivity index (χ3n) is 4.01. The molecular weight excluding hydrogens is 304 g/mol. The first-order valence-electron chi connectivity index (χ1n) is 9.72. The van der Waals surface area contributed by atoms with Gasteiger partial charge in [-0.1, -0.05) is 83.3 Å². The van der Waals surface area contributed by atoms with Crippen molar-refractivity contribution in [2.45, 2.75) is 96.8 Å². The van der Waals surface area contributed by atoms with Gasteiger partial charge in [-0.2, -0.15) is 12.6 Å². The van der Waals surface area contributed by atoms with Gasteiger partial charge in [0.05, 0.1) is 0 Å². The van der Waals surface area contributed by atoms with Crippen LogP contribution in [0.5, 0.6) is 0 Å². The van der Waals surface area contributed by atoms with Crippen LogP contribution in [0.15, 0.2) is 12.2 Å². The van der Waals surface area contributed by atoms with Crippen molar-refractivity contribution in [3.8, 4) is 0 Å². The number of ether oxygens (including phenoxy) is 1. The van der Waals surface area contributed by atoms with E-state index in [-0.39, 0.29) is 5.97 Å². The highest BCUT2D eigenvalue weighted by molar-refractivity contribution is 7.80. The van der Waals surface area contributed by atoms with Crippen LogP contribution in [0.1, 0.15) is 96.8 Å². The lowest BCUT2D eigenvalue weighted by Crippen LogP contribution is -2.05. The maximum Gasteiger partial charge on any atom is 0.306 e. The second-order valence-corrected chi connectivity index (χ2v) is 6.73. The van der Waals surface area contributed by atoms with Crippen molar-refractivity contribution in [2.75, 3.05) is 12.4 Å². The molecule has 0 aromatic carbocycles. The zero-order chi connectivity index (χ0) is 17.0. The molecular formula is C20H38O2S. The lowest BCUT2D eigenvalue weighted by molar-refractivity contribution is -0.142. The third-order valence-corrected chi connectivity index (χ3v) is 4.19. The largest absolute Gasteiger partial charge is 0.465 e. The molecule has 0 saturated carbocycles. The van der Waals surface area contributed by atoms with Gasteiger partial charge >= 0.3 is 5.97 Å². The lowest BCUT2D eigenvalue weighted by atomic mass is 10.1. The predicted molar refractivity (Wildman–Crippen MR) is 104 cm³/mol. The molecule has 0 spiro atoms. The molecule has 3 heteroatoms. The van der Waals surface area contributed by atoms with E-state index in [9.17, 15) is 4.79 Å². The Kier molecular flexibility index (Phi) is 19.2. The molecule has 0 amide bonds. The fourth-order valence-electron chi connectivity index (χ4n) is 2.59. The average molecular weight is 343 g/mol. The summed E-state index contributed by atoms with van der Waals surface area (Å²) in [5, 5.41) is 0. The quantitative estimate of drug-likeness (QED) is 0.141. The highest BCUT2D eigenvalue weighted by atomic mass is 32.1. The molecule has 0 heterocycles. The van der Waals surface area contributed by atoms with Crippen LogP contribution in [-0.2, 0) is 9.53 Å². The number of thiol groups is 1. The van der Waals surface area contributed by atoms with Crippen molar-refractivity contribution in [2.24, 2.45) is 0 Å². The summed E-state index contributed by atoms with van der Waals surface area (Å²) < 4.78 is 4.96. The van der Waals surface area contributed by atoms with Gasteiger partial charge in [0.15, 0.2) is 0 Å². The first-order chi connectivity index (χ1) is 11.3. The minimum Gasteiger partial charge on any atom is -0.465 e. The van der Waals surface area contributed by atoms with Crippen LogP contribution in [0.2, 0.25) is 0 Å². The van der Waals surface area contributed by atoms with Crippen LogP contribution in [0, 0.1) is 0 Å². The number of allylic oxidation sites excluding steroid dienone is 2. The number of carbonyl (C=O) groups excluding carboxylic acids is 1. The van der Waals surface area contributed by atoms with Gasteiger partial charge in [-0.25, -0.2) is 0 Å². The second-order valence-electron chi connectivity index (χ2n) is 6.28. The molecule has 0 atom stereocenters. The fraction of sp³-hybridized carbons (Fsp3) is 0.850. The molecule has 0 rings (SSSR count). The number of hydrogen-bond acceptors (Lipinski definition) is 3. The van der Waals surface area contributed by atoms with Gasteiger partial charge in [-0.05, 0) is 19.3 Å². The Hall–Kier alpha value is -0.440. The molecule has 0 aromatic heterocycles. The van der Waals surface area contributed by atoms with E-state index in [0.717, 1.165) is 12.8 Å². The van der Waals surface area contributed by atoms with Gasteiger partial charge in [0.25, 0.3) is 0 Å². The first kappa shape index (κ1) is 22.6. The minimum atomic E-state index is -0.113. The van der Waals surface area contributed by atoms with E-state index in [0.29, 0.717) is 18.8 Å². The van der Waals surface area contributed by atoms with Gasteiger partial charge in [0.2, 0.25) is 0 Å². The van der Waals surface area contributed by atoms with E-state index >= 15 is 0 Å². The Labute approximate surface area is 149 Å². The van der Waals surface area contributed by atoms with E-state index in [1.165, 1.54) is 70.6 Å².